The topological polar surface area (TPSA) is 56.0 Å². The van der Waals surface area contributed by atoms with E-state index in [4.69, 9.17) is 5.73 Å². The van der Waals surface area contributed by atoms with E-state index < -0.39 is 5.41 Å². The minimum absolute atomic E-state index is 0.0127. The Bertz CT molecular complexity index is 399. The Labute approximate surface area is 96.1 Å². The Kier molecular flexibility index (Phi) is 2.80. The lowest BCUT2D eigenvalue weighted by atomic mass is 9.78. The Morgan fingerprint density at radius 2 is 2.31 bits per heavy atom. The van der Waals surface area contributed by atoms with Gasteiger partial charge in [0.1, 0.15) is 0 Å². The largest absolute Gasteiger partial charge is 0.327 e. The first-order valence-corrected chi connectivity index (χ1v) is 5.77. The molecule has 1 aliphatic rings. The summed E-state index contributed by atoms with van der Waals surface area (Å²) in [5.74, 6) is 0.144. The number of carbonyl (C=O) groups is 1. The molecule has 2 N–H and O–H groups in total. The number of ketones is 1. The third-order valence-electron chi connectivity index (χ3n) is 3.72. The van der Waals surface area contributed by atoms with E-state index in [0.29, 0.717) is 5.56 Å². The lowest BCUT2D eigenvalue weighted by Gasteiger charge is -2.27. The van der Waals surface area contributed by atoms with Crippen LogP contribution in [0.3, 0.4) is 0 Å². The van der Waals surface area contributed by atoms with Crippen LogP contribution in [0, 0.1) is 12.3 Å². The molecule has 86 valence electrons. The van der Waals surface area contributed by atoms with Crippen LogP contribution in [0.2, 0.25) is 0 Å². The zero-order chi connectivity index (χ0) is 11.8. The van der Waals surface area contributed by atoms with Gasteiger partial charge in [-0.1, -0.05) is 13.3 Å². The van der Waals surface area contributed by atoms with Crippen LogP contribution in [0.5, 0.6) is 0 Å². The molecule has 0 bridgehead atoms. The fourth-order valence-corrected chi connectivity index (χ4v) is 2.41. The SMILES string of the molecule is Cc1ccc(C(=O)C2(C)CCCC2N)cn1. The van der Waals surface area contributed by atoms with E-state index in [1.165, 1.54) is 0 Å². The van der Waals surface area contributed by atoms with Gasteiger partial charge < -0.3 is 5.73 Å². The van der Waals surface area contributed by atoms with Gasteiger partial charge in [-0.05, 0) is 31.9 Å². The number of nitrogens with two attached hydrogens (primary N) is 1. The standard InChI is InChI=1S/C13H18N2O/c1-9-5-6-10(8-15-9)12(16)13(2)7-3-4-11(13)14/h5-6,8,11H,3-4,7,14H2,1-2H3. The van der Waals surface area contributed by atoms with Crippen LogP contribution in [0.4, 0.5) is 0 Å². The maximum Gasteiger partial charge on any atom is 0.171 e. The van der Waals surface area contributed by atoms with Crippen molar-refractivity contribution in [3.05, 3.63) is 29.6 Å². The Morgan fingerprint density at radius 1 is 1.56 bits per heavy atom. The summed E-state index contributed by atoms with van der Waals surface area (Å²) >= 11 is 0. The van der Waals surface area contributed by atoms with Gasteiger partial charge in [-0.2, -0.15) is 0 Å². The number of Topliss-reactive ketones (excluding diaryl/α,β-unsaturated/α-hetero) is 1. The smallest absolute Gasteiger partial charge is 0.171 e. The van der Waals surface area contributed by atoms with Gasteiger partial charge in [0.2, 0.25) is 0 Å². The molecular weight excluding hydrogens is 200 g/mol. The Balaban J connectivity index is 2.28. The van der Waals surface area contributed by atoms with E-state index in [-0.39, 0.29) is 11.8 Å². The minimum atomic E-state index is -0.392. The molecule has 1 aromatic rings. The van der Waals surface area contributed by atoms with Gasteiger partial charge in [-0.15, -0.1) is 0 Å². The fourth-order valence-electron chi connectivity index (χ4n) is 2.41. The molecule has 3 nitrogen and oxygen atoms in total. The van der Waals surface area contributed by atoms with Crippen molar-refractivity contribution in [1.82, 2.24) is 4.98 Å². The molecule has 0 aliphatic heterocycles. The number of rotatable bonds is 2. The lowest BCUT2D eigenvalue weighted by Crippen LogP contribution is -2.41. The Morgan fingerprint density at radius 3 is 2.81 bits per heavy atom. The molecule has 1 fully saturated rings. The molecule has 0 amide bonds. The van der Waals surface area contributed by atoms with E-state index in [1.807, 2.05) is 26.0 Å². The zero-order valence-electron chi connectivity index (χ0n) is 9.86. The van der Waals surface area contributed by atoms with E-state index in [1.54, 1.807) is 6.20 Å². The number of nitrogens with zero attached hydrogens (tertiary/aromatic N) is 1. The first kappa shape index (κ1) is 11.3. The molecule has 2 rings (SSSR count). The van der Waals surface area contributed by atoms with Crippen LogP contribution in [-0.4, -0.2) is 16.8 Å². The molecule has 0 saturated heterocycles. The summed E-state index contributed by atoms with van der Waals surface area (Å²) in [7, 11) is 0. The van der Waals surface area contributed by atoms with Gasteiger partial charge in [0.05, 0.1) is 0 Å². The van der Waals surface area contributed by atoms with E-state index in [9.17, 15) is 4.79 Å². The number of aromatic nitrogens is 1. The van der Waals surface area contributed by atoms with Crippen LogP contribution >= 0.6 is 0 Å². The molecule has 1 heterocycles. The number of pyridine rings is 1. The Hall–Kier alpha value is -1.22. The van der Waals surface area contributed by atoms with Crippen molar-refractivity contribution >= 4 is 5.78 Å². The van der Waals surface area contributed by atoms with Crippen LogP contribution in [0.25, 0.3) is 0 Å². The highest BCUT2D eigenvalue weighted by Crippen LogP contribution is 2.39. The van der Waals surface area contributed by atoms with Crippen LogP contribution in [0.15, 0.2) is 18.3 Å². The molecule has 16 heavy (non-hydrogen) atoms. The van der Waals surface area contributed by atoms with Gasteiger partial charge in [-0.25, -0.2) is 0 Å². The maximum atomic E-state index is 12.4. The maximum absolute atomic E-state index is 12.4. The first-order valence-electron chi connectivity index (χ1n) is 5.77. The second kappa shape index (κ2) is 3.98. The molecule has 0 radical (unpaired) electrons. The van der Waals surface area contributed by atoms with Crippen LogP contribution in [0.1, 0.15) is 42.2 Å². The third-order valence-corrected chi connectivity index (χ3v) is 3.72. The molecule has 2 unspecified atom stereocenters. The van der Waals surface area contributed by atoms with Crippen molar-refractivity contribution in [1.29, 1.82) is 0 Å². The summed E-state index contributed by atoms with van der Waals surface area (Å²) in [6.07, 6.45) is 4.54. The summed E-state index contributed by atoms with van der Waals surface area (Å²) in [6.45, 7) is 3.89. The molecule has 0 aromatic carbocycles. The van der Waals surface area contributed by atoms with E-state index >= 15 is 0 Å². The molecule has 1 aromatic heterocycles. The van der Waals surface area contributed by atoms with Gasteiger partial charge in [-0.3, -0.25) is 9.78 Å². The highest BCUT2D eigenvalue weighted by atomic mass is 16.1. The molecule has 1 aliphatic carbocycles. The number of carbonyl (C=O) groups excluding carboxylic acids is 1. The predicted molar refractivity (Wildman–Crippen MR) is 63.2 cm³/mol. The van der Waals surface area contributed by atoms with Gasteiger partial charge >= 0.3 is 0 Å². The summed E-state index contributed by atoms with van der Waals surface area (Å²) in [5, 5.41) is 0. The summed E-state index contributed by atoms with van der Waals surface area (Å²) in [4.78, 5) is 16.5. The average Bonchev–Trinajstić information content (AvgIpc) is 2.61. The van der Waals surface area contributed by atoms with Crippen molar-refractivity contribution in [2.75, 3.05) is 0 Å². The molecular formula is C13H18N2O. The highest BCUT2D eigenvalue weighted by Gasteiger charge is 2.43. The number of aryl methyl sites for hydroxylation is 1. The normalized spacial score (nSPS) is 29.3. The monoisotopic (exact) mass is 218 g/mol. The van der Waals surface area contributed by atoms with Crippen LogP contribution < -0.4 is 5.73 Å². The van der Waals surface area contributed by atoms with Crippen molar-refractivity contribution in [2.45, 2.75) is 39.2 Å². The van der Waals surface area contributed by atoms with Gasteiger partial charge in [0.25, 0.3) is 0 Å². The summed E-state index contributed by atoms with van der Waals surface area (Å²) < 4.78 is 0. The van der Waals surface area contributed by atoms with Crippen molar-refractivity contribution in [3.63, 3.8) is 0 Å². The summed E-state index contributed by atoms with van der Waals surface area (Å²) in [5.41, 5.74) is 7.26. The number of hydrogen-bond acceptors (Lipinski definition) is 3. The van der Waals surface area contributed by atoms with Gasteiger partial charge in [0.15, 0.2) is 5.78 Å². The molecule has 3 heteroatoms. The number of hydrogen-bond donors (Lipinski definition) is 1. The van der Waals surface area contributed by atoms with Crippen molar-refractivity contribution < 1.29 is 4.79 Å². The molecule has 2 atom stereocenters. The quantitative estimate of drug-likeness (QED) is 0.773. The predicted octanol–water partition coefficient (Wildman–Crippen LogP) is 2.09. The fraction of sp³-hybridized carbons (Fsp3) is 0.538. The van der Waals surface area contributed by atoms with Crippen LogP contribution in [-0.2, 0) is 0 Å². The second-order valence-corrected chi connectivity index (χ2v) is 4.93. The minimum Gasteiger partial charge on any atom is -0.327 e. The lowest BCUT2D eigenvalue weighted by molar-refractivity contribution is 0.0802. The first-order chi connectivity index (χ1) is 7.54. The second-order valence-electron chi connectivity index (χ2n) is 4.93. The highest BCUT2D eigenvalue weighted by molar-refractivity contribution is 6.00. The van der Waals surface area contributed by atoms with Crippen molar-refractivity contribution in [3.8, 4) is 0 Å². The van der Waals surface area contributed by atoms with E-state index in [0.717, 1.165) is 25.0 Å². The third kappa shape index (κ3) is 1.76. The molecule has 0 spiro atoms. The average molecular weight is 218 g/mol. The van der Waals surface area contributed by atoms with E-state index in [2.05, 4.69) is 4.98 Å². The van der Waals surface area contributed by atoms with Crippen molar-refractivity contribution in [2.24, 2.45) is 11.1 Å². The van der Waals surface area contributed by atoms with Gasteiger partial charge in [0, 0.05) is 28.9 Å². The summed E-state index contributed by atoms with van der Waals surface area (Å²) in [6, 6.07) is 3.71. The molecule has 1 saturated carbocycles. The zero-order valence-corrected chi connectivity index (χ0v) is 9.86.